The highest BCUT2D eigenvalue weighted by Gasteiger charge is 2.49. The van der Waals surface area contributed by atoms with Crippen LogP contribution in [-0.4, -0.2) is 199 Å². The zero-order valence-corrected chi connectivity index (χ0v) is 55.6. The average Bonchev–Trinajstić information content (AvgIpc) is 1.56. The maximum absolute atomic E-state index is 15.3. The summed E-state index contributed by atoms with van der Waals surface area (Å²) in [6.07, 6.45) is -0.274. The molecule has 8 amide bonds. The highest BCUT2D eigenvalue weighted by atomic mass is 19.1. The van der Waals surface area contributed by atoms with E-state index in [1.165, 1.54) is 31.0 Å². The Morgan fingerprint density at radius 3 is 2.12 bits per heavy atom. The normalized spacial score (nSPS) is 21.8. The molecule has 4 N–H and O–H groups in total. The van der Waals surface area contributed by atoms with Gasteiger partial charge in [-0.25, -0.2) is 22.8 Å². The summed E-state index contributed by atoms with van der Waals surface area (Å²) in [6.45, 7) is 20.3. The van der Waals surface area contributed by atoms with E-state index in [-0.39, 0.29) is 74.8 Å². The number of rotatable bonds is 17. The number of carbonyl (C=O) groups excluding carboxylic acids is 8. The first-order valence-corrected chi connectivity index (χ1v) is 32.2. The van der Waals surface area contributed by atoms with Gasteiger partial charge in [0.15, 0.2) is 0 Å². The van der Waals surface area contributed by atoms with Crippen molar-refractivity contribution in [1.29, 1.82) is 0 Å². The molecule has 3 fully saturated rings. The predicted molar refractivity (Wildman–Crippen MR) is 345 cm³/mol. The summed E-state index contributed by atoms with van der Waals surface area (Å²) in [4.78, 5) is 125. The van der Waals surface area contributed by atoms with E-state index in [1.807, 2.05) is 45.9 Å². The number of anilines is 3. The van der Waals surface area contributed by atoms with Crippen LogP contribution in [0.2, 0.25) is 0 Å². The lowest BCUT2D eigenvalue weighted by atomic mass is 9.83. The summed E-state index contributed by atoms with van der Waals surface area (Å²) in [5, 5.41) is 10.9. The number of benzene rings is 4. The molecule has 5 aliphatic rings. The van der Waals surface area contributed by atoms with Crippen molar-refractivity contribution in [1.82, 2.24) is 35.1 Å². The second kappa shape index (κ2) is 29.2. The summed E-state index contributed by atoms with van der Waals surface area (Å²) in [7, 11) is 1.39. The number of nitrogens with zero attached hydrogens (tertiary/aromatic N) is 6. The van der Waals surface area contributed by atoms with Crippen LogP contribution in [0.3, 0.4) is 0 Å². The Hall–Kier alpha value is -8.13. The maximum Gasteiger partial charge on any atom is 0.410 e. The molecule has 0 saturated carbocycles. The van der Waals surface area contributed by atoms with E-state index >= 15 is 18.4 Å². The van der Waals surface area contributed by atoms with E-state index < -0.39 is 106 Å². The number of nitrogens with one attached hydrogen (secondary N) is 4. The molecule has 508 valence electrons. The first kappa shape index (κ1) is 70.2. The first-order chi connectivity index (χ1) is 44.4. The fraction of sp³-hybridized carbons (Fsp3) is 0.536. The summed E-state index contributed by atoms with van der Waals surface area (Å²) in [5.74, 6) is -6.70. The molecule has 22 nitrogen and oxygen atoms in total. The number of hydrogen-bond acceptors (Lipinski definition) is 14. The van der Waals surface area contributed by atoms with Crippen molar-refractivity contribution < 1.29 is 70.5 Å². The molecule has 94 heavy (non-hydrogen) atoms. The van der Waals surface area contributed by atoms with Gasteiger partial charge in [-0.2, -0.15) is 0 Å². The summed E-state index contributed by atoms with van der Waals surface area (Å²) in [6, 6.07) is 15.4. The van der Waals surface area contributed by atoms with Gasteiger partial charge in [0.25, 0.3) is 0 Å². The number of fused-ring (bicyclic) bond motifs is 2. The molecule has 25 heteroatoms. The molecule has 9 rings (SSSR count). The molecule has 0 aliphatic carbocycles. The quantitative estimate of drug-likeness (QED) is 0.0822. The van der Waals surface area contributed by atoms with Crippen LogP contribution >= 0.6 is 0 Å². The highest BCUT2D eigenvalue weighted by molar-refractivity contribution is 6.04. The molecule has 0 radical (unpaired) electrons. The van der Waals surface area contributed by atoms with Gasteiger partial charge in [0.2, 0.25) is 35.4 Å². The molecule has 4 aromatic carbocycles. The van der Waals surface area contributed by atoms with E-state index in [0.29, 0.717) is 81.0 Å². The van der Waals surface area contributed by atoms with Crippen LogP contribution in [0.15, 0.2) is 78.9 Å². The van der Waals surface area contributed by atoms with Crippen molar-refractivity contribution >= 4 is 64.7 Å². The first-order valence-electron chi connectivity index (χ1n) is 32.2. The fourth-order valence-corrected chi connectivity index (χ4v) is 12.8. The number of para-hydroxylation sites is 1. The van der Waals surface area contributed by atoms with E-state index in [0.717, 1.165) is 34.2 Å². The molecule has 5 aliphatic heterocycles. The molecule has 3 saturated heterocycles. The SMILES string of the molecule is C[C@@H]1COCCN1C[C@H]1CN(C(=O)OC(C)(C)C)[C@H](C)CN1CC(=O)N1CC(C)(C(=O)NCC(=O)Nc2ccc3c(c2)CN(C(=O)[C@@H](NC(=O)[C@H](C)N(C)C(=O)OC(C)(C)C)C2CCOCC2)C(C(=O)Nc2c(F)cccc2F)C3)c2ccc(Cc3ccc(F)cc3)cc21. The topological polar surface area (TPSA) is 241 Å². The van der Waals surface area contributed by atoms with E-state index in [9.17, 15) is 33.2 Å². The van der Waals surface area contributed by atoms with Gasteiger partial charge in [-0.15, -0.1) is 0 Å². The number of morpholine rings is 1. The van der Waals surface area contributed by atoms with Gasteiger partial charge in [-0.05, 0) is 165 Å². The smallest absolute Gasteiger partial charge is 0.410 e. The number of halogens is 3. The minimum absolute atomic E-state index is 0.0482. The lowest BCUT2D eigenvalue weighted by molar-refractivity contribution is -0.146. The van der Waals surface area contributed by atoms with Crippen molar-refractivity contribution in [3.05, 3.63) is 124 Å². The van der Waals surface area contributed by atoms with Crippen LogP contribution in [-0.2, 0) is 72.5 Å². The third-order valence-electron chi connectivity index (χ3n) is 18.2. The molecule has 0 spiro atoms. The van der Waals surface area contributed by atoms with E-state index in [2.05, 4.69) is 38.0 Å². The Morgan fingerprint density at radius 1 is 0.766 bits per heavy atom. The van der Waals surface area contributed by atoms with Crippen molar-refractivity contribution in [2.75, 3.05) is 94.8 Å². The number of ether oxygens (including phenoxy) is 4. The van der Waals surface area contributed by atoms with Gasteiger partial charge >= 0.3 is 12.2 Å². The molecular weight excluding hydrogens is 1220 g/mol. The number of carbonyl (C=O) groups is 8. The zero-order chi connectivity index (χ0) is 68.1. The predicted octanol–water partition coefficient (Wildman–Crippen LogP) is 7.14. The van der Waals surface area contributed by atoms with Gasteiger partial charge < -0.3 is 54.9 Å². The molecule has 5 heterocycles. The standard InChI is InChI=1S/C69H89F3N10O12/c1-41-34-79(51(36-78-25-28-92-39-42(78)2)37-80(41)66(90)94-68(7,8)9)38-58(84)82-40-69(10,52-22-17-45(30-55(52)82)29-44-15-19-49(70)20-16-44)64(88)73-33-57(83)74-50-21-18-47-32-56(62(86)76-60-53(71)13-12-14-54(60)72)81(35-48(47)31-50)63(87)59(46-23-26-91-27-24-46)75-61(85)43(3)77(11)65(89)93-67(4,5)6/h12-22,30-31,41-43,46,51,56,59H,23-29,32-40H2,1-11H3,(H,73,88)(H,74,83)(H,75,85)(H,76,86)/t41-,42-,43+,51+,56?,59+,69?/m1/s1. The lowest BCUT2D eigenvalue weighted by Crippen LogP contribution is -2.64. The Bertz CT molecular complexity index is 3470. The maximum atomic E-state index is 15.3. The van der Waals surface area contributed by atoms with Gasteiger partial charge in [-0.3, -0.25) is 43.5 Å². The molecule has 0 bridgehead atoms. The third kappa shape index (κ3) is 16.9. The minimum Gasteiger partial charge on any atom is -0.444 e. The molecule has 2 unspecified atom stereocenters. The van der Waals surface area contributed by atoms with Crippen LogP contribution in [0.4, 0.5) is 39.8 Å². The fourth-order valence-electron chi connectivity index (χ4n) is 12.8. The van der Waals surface area contributed by atoms with Crippen LogP contribution in [0.25, 0.3) is 0 Å². The Labute approximate surface area is 547 Å². The zero-order valence-electron chi connectivity index (χ0n) is 55.6. The van der Waals surface area contributed by atoms with Crippen LogP contribution in [0.1, 0.15) is 110 Å². The monoisotopic (exact) mass is 1310 g/mol. The molecule has 4 aromatic rings. The van der Waals surface area contributed by atoms with E-state index in [4.69, 9.17) is 18.9 Å². The van der Waals surface area contributed by atoms with E-state index in [1.54, 1.807) is 67.8 Å². The average molecular weight is 1310 g/mol. The minimum atomic E-state index is -1.37. The van der Waals surface area contributed by atoms with Crippen molar-refractivity contribution in [3.63, 3.8) is 0 Å². The molecular formula is C69H89F3N10O12. The second-order valence-corrected chi connectivity index (χ2v) is 27.6. The van der Waals surface area contributed by atoms with Gasteiger partial charge in [0, 0.05) is 95.5 Å². The van der Waals surface area contributed by atoms with Crippen LogP contribution in [0, 0.1) is 23.4 Å². The summed E-state index contributed by atoms with van der Waals surface area (Å²) in [5.41, 5.74) is 0.326. The van der Waals surface area contributed by atoms with Crippen molar-refractivity contribution in [3.8, 4) is 0 Å². The lowest BCUT2D eigenvalue weighted by Gasteiger charge is -2.47. The highest BCUT2D eigenvalue weighted by Crippen LogP contribution is 2.43. The second-order valence-electron chi connectivity index (χ2n) is 27.6. The number of hydrogen-bond donors (Lipinski definition) is 4. The largest absolute Gasteiger partial charge is 0.444 e. The van der Waals surface area contributed by atoms with Crippen molar-refractivity contribution in [2.45, 2.75) is 154 Å². The number of amides is 8. The number of piperazine rings is 1. The third-order valence-corrected chi connectivity index (χ3v) is 18.2. The summed E-state index contributed by atoms with van der Waals surface area (Å²) >= 11 is 0. The Morgan fingerprint density at radius 2 is 1.45 bits per heavy atom. The van der Waals surface area contributed by atoms with Gasteiger partial charge in [-0.1, -0.05) is 36.4 Å². The van der Waals surface area contributed by atoms with Gasteiger partial charge in [0.1, 0.15) is 52.5 Å². The molecule has 0 aromatic heterocycles. The van der Waals surface area contributed by atoms with Crippen molar-refractivity contribution in [2.24, 2.45) is 5.92 Å². The Kier molecular flexibility index (Phi) is 21.8. The van der Waals surface area contributed by atoms with Crippen LogP contribution in [0.5, 0.6) is 0 Å². The Balaban J connectivity index is 0.939. The van der Waals surface area contributed by atoms with Gasteiger partial charge in [0.05, 0.1) is 31.7 Å². The summed E-state index contributed by atoms with van der Waals surface area (Å²) < 4.78 is 66.9. The number of likely N-dealkylation sites (N-methyl/N-ethyl adjacent to an activating group) is 1. The van der Waals surface area contributed by atoms with Crippen LogP contribution < -0.4 is 26.2 Å². The molecule has 7 atom stereocenters.